The van der Waals surface area contributed by atoms with Crippen LogP contribution in [0.3, 0.4) is 0 Å². The zero-order chi connectivity index (χ0) is 14.2. The second kappa shape index (κ2) is 4.75. The summed E-state index contributed by atoms with van der Waals surface area (Å²) in [5.41, 5.74) is 2.89. The van der Waals surface area contributed by atoms with Crippen molar-refractivity contribution >= 4 is 22.4 Å². The third-order valence-corrected chi connectivity index (χ3v) is 3.58. The molecule has 3 heteroatoms. The summed E-state index contributed by atoms with van der Waals surface area (Å²) in [5.74, 6) is 0.192. The fourth-order valence-electron chi connectivity index (χ4n) is 2.80. The fourth-order valence-corrected chi connectivity index (χ4v) is 2.80. The molecule has 0 saturated carbocycles. The van der Waals surface area contributed by atoms with Crippen LogP contribution < -0.4 is 5.32 Å². The SMILES string of the molecule is CC1(C)CC(=O)C=C(Nc2cccc3cccnc23)C1. The van der Waals surface area contributed by atoms with E-state index < -0.39 is 0 Å². The molecule has 0 unspecified atom stereocenters. The van der Waals surface area contributed by atoms with Crippen molar-refractivity contribution in [2.45, 2.75) is 26.7 Å². The summed E-state index contributed by atoms with van der Waals surface area (Å²) in [6.07, 6.45) is 5.01. The van der Waals surface area contributed by atoms with Crippen molar-refractivity contribution in [2.24, 2.45) is 5.41 Å². The van der Waals surface area contributed by atoms with Gasteiger partial charge < -0.3 is 5.32 Å². The first-order valence-corrected chi connectivity index (χ1v) is 6.88. The van der Waals surface area contributed by atoms with Gasteiger partial charge in [-0.15, -0.1) is 0 Å². The van der Waals surface area contributed by atoms with E-state index in [0.29, 0.717) is 6.42 Å². The lowest BCUT2D eigenvalue weighted by molar-refractivity contribution is -0.117. The van der Waals surface area contributed by atoms with E-state index in [0.717, 1.165) is 28.7 Å². The molecule has 2 aromatic rings. The average Bonchev–Trinajstić information content (AvgIpc) is 2.37. The summed E-state index contributed by atoms with van der Waals surface area (Å²) in [6, 6.07) is 10.0. The maximum absolute atomic E-state index is 11.8. The van der Waals surface area contributed by atoms with Gasteiger partial charge in [0.05, 0.1) is 11.2 Å². The highest BCUT2D eigenvalue weighted by atomic mass is 16.1. The Balaban J connectivity index is 1.96. The second-order valence-corrected chi connectivity index (χ2v) is 6.16. The van der Waals surface area contributed by atoms with Gasteiger partial charge in [0.25, 0.3) is 0 Å². The number of pyridine rings is 1. The van der Waals surface area contributed by atoms with E-state index >= 15 is 0 Å². The minimum absolute atomic E-state index is 0.0200. The van der Waals surface area contributed by atoms with Gasteiger partial charge in [0.2, 0.25) is 0 Å². The number of allylic oxidation sites excluding steroid dienone is 2. The highest BCUT2D eigenvalue weighted by molar-refractivity contribution is 5.94. The molecule has 0 atom stereocenters. The number of carbonyl (C=O) groups excluding carboxylic acids is 1. The molecule has 1 aromatic carbocycles. The van der Waals surface area contributed by atoms with Crippen LogP contribution in [0.25, 0.3) is 10.9 Å². The van der Waals surface area contributed by atoms with E-state index in [2.05, 4.69) is 24.1 Å². The number of ketones is 1. The zero-order valence-corrected chi connectivity index (χ0v) is 11.8. The molecule has 0 aliphatic heterocycles. The third-order valence-electron chi connectivity index (χ3n) is 3.58. The zero-order valence-electron chi connectivity index (χ0n) is 11.8. The van der Waals surface area contributed by atoms with Gasteiger partial charge in [-0.05, 0) is 24.0 Å². The molecule has 1 aliphatic carbocycles. The van der Waals surface area contributed by atoms with Gasteiger partial charge in [-0.25, -0.2) is 0 Å². The highest BCUT2D eigenvalue weighted by Gasteiger charge is 2.27. The number of carbonyl (C=O) groups is 1. The number of rotatable bonds is 2. The highest BCUT2D eigenvalue weighted by Crippen LogP contribution is 2.34. The largest absolute Gasteiger partial charge is 0.357 e. The summed E-state index contributed by atoms with van der Waals surface area (Å²) < 4.78 is 0. The molecule has 1 aromatic heterocycles. The van der Waals surface area contributed by atoms with Crippen LogP contribution >= 0.6 is 0 Å². The monoisotopic (exact) mass is 266 g/mol. The van der Waals surface area contributed by atoms with Crippen LogP contribution in [-0.4, -0.2) is 10.8 Å². The molecular formula is C17H18N2O. The molecule has 3 rings (SSSR count). The predicted octanol–water partition coefficient (Wildman–Crippen LogP) is 3.92. The van der Waals surface area contributed by atoms with Crippen LogP contribution in [0, 0.1) is 5.41 Å². The minimum Gasteiger partial charge on any atom is -0.357 e. The first-order chi connectivity index (χ1) is 9.53. The van der Waals surface area contributed by atoms with Crippen LogP contribution in [0.15, 0.2) is 48.3 Å². The van der Waals surface area contributed by atoms with E-state index in [4.69, 9.17) is 0 Å². The van der Waals surface area contributed by atoms with Gasteiger partial charge >= 0.3 is 0 Å². The standard InChI is InChI=1S/C17H18N2O/c1-17(2)10-13(9-14(20)11-17)19-15-7-3-5-12-6-4-8-18-16(12)15/h3-9,19H,10-11H2,1-2H3. The molecule has 0 spiro atoms. The summed E-state index contributed by atoms with van der Waals surface area (Å²) in [7, 11) is 0. The van der Waals surface area contributed by atoms with Gasteiger partial charge in [0.15, 0.2) is 5.78 Å². The van der Waals surface area contributed by atoms with Gasteiger partial charge in [0.1, 0.15) is 0 Å². The van der Waals surface area contributed by atoms with E-state index in [-0.39, 0.29) is 11.2 Å². The van der Waals surface area contributed by atoms with Gasteiger partial charge in [0, 0.05) is 29.8 Å². The number of aromatic nitrogens is 1. The van der Waals surface area contributed by atoms with Crippen molar-refractivity contribution in [1.82, 2.24) is 4.98 Å². The van der Waals surface area contributed by atoms with E-state index in [1.165, 1.54) is 0 Å². The van der Waals surface area contributed by atoms with E-state index in [1.807, 2.05) is 30.3 Å². The van der Waals surface area contributed by atoms with E-state index in [9.17, 15) is 4.79 Å². The van der Waals surface area contributed by atoms with Crippen molar-refractivity contribution in [3.05, 3.63) is 48.3 Å². The number of anilines is 1. The Morgan fingerprint density at radius 1 is 1.15 bits per heavy atom. The normalized spacial score (nSPS) is 17.9. The molecule has 0 radical (unpaired) electrons. The quantitative estimate of drug-likeness (QED) is 0.895. The van der Waals surface area contributed by atoms with Gasteiger partial charge in [-0.2, -0.15) is 0 Å². The Hall–Kier alpha value is -2.16. The molecule has 102 valence electrons. The van der Waals surface area contributed by atoms with Crippen LogP contribution in [0.1, 0.15) is 26.7 Å². The number of nitrogens with zero attached hydrogens (tertiary/aromatic N) is 1. The van der Waals surface area contributed by atoms with Crippen molar-refractivity contribution in [2.75, 3.05) is 5.32 Å². The number of hydrogen-bond acceptors (Lipinski definition) is 3. The van der Waals surface area contributed by atoms with E-state index in [1.54, 1.807) is 12.3 Å². The maximum atomic E-state index is 11.8. The van der Waals surface area contributed by atoms with Crippen molar-refractivity contribution in [3.8, 4) is 0 Å². The minimum atomic E-state index is 0.0200. The Bertz CT molecular complexity index is 696. The van der Waals surface area contributed by atoms with Crippen LogP contribution in [-0.2, 0) is 4.79 Å². The maximum Gasteiger partial charge on any atom is 0.157 e. The molecular weight excluding hydrogens is 248 g/mol. The molecule has 1 N–H and O–H groups in total. The first kappa shape index (κ1) is 12.9. The van der Waals surface area contributed by atoms with Crippen LogP contribution in [0.2, 0.25) is 0 Å². The summed E-state index contributed by atoms with van der Waals surface area (Å²) in [5, 5.41) is 4.48. The van der Waals surface area contributed by atoms with Crippen molar-refractivity contribution in [3.63, 3.8) is 0 Å². The summed E-state index contributed by atoms with van der Waals surface area (Å²) >= 11 is 0. The Labute approximate surface area is 118 Å². The lowest BCUT2D eigenvalue weighted by atomic mass is 9.79. The fraction of sp³-hybridized carbons (Fsp3) is 0.294. The van der Waals surface area contributed by atoms with Crippen LogP contribution in [0.4, 0.5) is 5.69 Å². The second-order valence-electron chi connectivity index (χ2n) is 6.16. The Morgan fingerprint density at radius 3 is 2.75 bits per heavy atom. The van der Waals surface area contributed by atoms with Crippen LogP contribution in [0.5, 0.6) is 0 Å². The average molecular weight is 266 g/mol. The number of para-hydroxylation sites is 1. The van der Waals surface area contributed by atoms with Crippen molar-refractivity contribution in [1.29, 1.82) is 0 Å². The lowest BCUT2D eigenvalue weighted by Gasteiger charge is -2.29. The van der Waals surface area contributed by atoms with Gasteiger partial charge in [-0.3, -0.25) is 9.78 Å². The Morgan fingerprint density at radius 2 is 1.95 bits per heavy atom. The molecule has 3 nitrogen and oxygen atoms in total. The summed E-state index contributed by atoms with van der Waals surface area (Å²) in [4.78, 5) is 16.2. The molecule has 0 fully saturated rings. The van der Waals surface area contributed by atoms with Gasteiger partial charge in [-0.1, -0.05) is 32.0 Å². The molecule has 1 heterocycles. The smallest absolute Gasteiger partial charge is 0.157 e. The molecule has 0 saturated heterocycles. The number of nitrogens with one attached hydrogen (secondary N) is 1. The number of benzene rings is 1. The third kappa shape index (κ3) is 2.57. The molecule has 20 heavy (non-hydrogen) atoms. The predicted molar refractivity (Wildman–Crippen MR) is 81.5 cm³/mol. The first-order valence-electron chi connectivity index (χ1n) is 6.88. The topological polar surface area (TPSA) is 42.0 Å². The molecule has 0 amide bonds. The molecule has 1 aliphatic rings. The molecule has 0 bridgehead atoms. The summed E-state index contributed by atoms with van der Waals surface area (Å²) in [6.45, 7) is 4.25. The number of fused-ring (bicyclic) bond motifs is 1. The lowest BCUT2D eigenvalue weighted by Crippen LogP contribution is -2.24. The number of hydrogen-bond donors (Lipinski definition) is 1. The van der Waals surface area contributed by atoms with Crippen molar-refractivity contribution < 1.29 is 4.79 Å². The Kier molecular flexibility index (Phi) is 3.05.